The van der Waals surface area contributed by atoms with Gasteiger partial charge in [0.2, 0.25) is 0 Å². The molecule has 76 valence electrons. The van der Waals surface area contributed by atoms with E-state index in [1.165, 1.54) is 0 Å². The lowest BCUT2D eigenvalue weighted by Gasteiger charge is -2.11. The van der Waals surface area contributed by atoms with E-state index in [1.807, 2.05) is 39.0 Å². The number of alkyl halides is 1. The molecule has 1 nitrogen and oxygen atoms in total. The lowest BCUT2D eigenvalue weighted by Crippen LogP contribution is -2.16. The van der Waals surface area contributed by atoms with Gasteiger partial charge in [0.05, 0.1) is 5.38 Å². The maximum atomic E-state index is 11.9. The van der Waals surface area contributed by atoms with Crippen molar-refractivity contribution in [2.45, 2.75) is 32.6 Å². The average Bonchev–Trinajstić information content (AvgIpc) is 2.16. The van der Waals surface area contributed by atoms with Crippen molar-refractivity contribution in [3.05, 3.63) is 34.9 Å². The van der Waals surface area contributed by atoms with Crippen molar-refractivity contribution in [1.29, 1.82) is 0 Å². The molecular formula is C12H15ClO. The van der Waals surface area contributed by atoms with Crippen molar-refractivity contribution in [3.8, 4) is 0 Å². The van der Waals surface area contributed by atoms with Crippen LogP contribution < -0.4 is 0 Å². The Morgan fingerprint density at radius 2 is 1.86 bits per heavy atom. The summed E-state index contributed by atoms with van der Waals surface area (Å²) in [6.45, 7) is 5.81. The third-order valence-corrected chi connectivity index (χ3v) is 2.88. The lowest BCUT2D eigenvalue weighted by molar-refractivity contribution is 0.0984. The van der Waals surface area contributed by atoms with E-state index in [0.717, 1.165) is 16.7 Å². The second-order valence-electron chi connectivity index (χ2n) is 3.51. The van der Waals surface area contributed by atoms with Crippen molar-refractivity contribution >= 4 is 17.4 Å². The van der Waals surface area contributed by atoms with Gasteiger partial charge in [0.25, 0.3) is 0 Å². The number of rotatable bonds is 3. The summed E-state index contributed by atoms with van der Waals surface area (Å²) in [6.07, 6.45) is 0.675. The fourth-order valence-corrected chi connectivity index (χ4v) is 1.65. The molecule has 1 aromatic rings. The van der Waals surface area contributed by atoms with Crippen LogP contribution in [0.1, 0.15) is 34.8 Å². The van der Waals surface area contributed by atoms with E-state index in [2.05, 4.69) is 0 Å². The molecule has 1 unspecified atom stereocenters. The van der Waals surface area contributed by atoms with E-state index in [0.29, 0.717) is 6.42 Å². The molecule has 0 aromatic heterocycles. The molecule has 0 N–H and O–H groups in total. The maximum absolute atomic E-state index is 11.9. The monoisotopic (exact) mass is 210 g/mol. The van der Waals surface area contributed by atoms with Crippen molar-refractivity contribution < 1.29 is 4.79 Å². The summed E-state index contributed by atoms with van der Waals surface area (Å²) >= 11 is 5.94. The van der Waals surface area contributed by atoms with Gasteiger partial charge in [-0.25, -0.2) is 0 Å². The quantitative estimate of drug-likeness (QED) is 0.551. The van der Waals surface area contributed by atoms with E-state index in [-0.39, 0.29) is 5.78 Å². The fraction of sp³-hybridized carbons (Fsp3) is 0.417. The Labute approximate surface area is 90.1 Å². The van der Waals surface area contributed by atoms with Gasteiger partial charge in [-0.3, -0.25) is 4.79 Å². The third-order valence-electron chi connectivity index (χ3n) is 2.37. The highest BCUT2D eigenvalue weighted by Crippen LogP contribution is 2.18. The highest BCUT2D eigenvalue weighted by molar-refractivity contribution is 6.34. The number of aryl methyl sites for hydroxylation is 2. The standard InChI is InChI=1S/C12H15ClO/c1-4-10(13)12(14)11-8(2)6-5-7-9(11)3/h5-7,10H,4H2,1-3H3. The van der Waals surface area contributed by atoms with E-state index in [4.69, 9.17) is 11.6 Å². The number of hydrogen-bond acceptors (Lipinski definition) is 1. The Hall–Kier alpha value is -0.820. The van der Waals surface area contributed by atoms with E-state index in [9.17, 15) is 4.79 Å². The highest BCUT2D eigenvalue weighted by Gasteiger charge is 2.18. The fourth-order valence-electron chi connectivity index (χ4n) is 1.55. The Balaban J connectivity index is 3.12. The normalized spacial score (nSPS) is 12.6. The summed E-state index contributed by atoms with van der Waals surface area (Å²) in [5.41, 5.74) is 2.80. The Morgan fingerprint density at radius 3 is 2.29 bits per heavy atom. The predicted molar refractivity (Wildman–Crippen MR) is 60.2 cm³/mol. The summed E-state index contributed by atoms with van der Waals surface area (Å²) in [5, 5.41) is -0.394. The van der Waals surface area contributed by atoms with Crippen LogP contribution in [0.4, 0.5) is 0 Å². The van der Waals surface area contributed by atoms with E-state index in [1.54, 1.807) is 0 Å². The van der Waals surface area contributed by atoms with Gasteiger partial charge in [-0.05, 0) is 31.4 Å². The third kappa shape index (κ3) is 2.16. The van der Waals surface area contributed by atoms with Crippen molar-refractivity contribution in [2.24, 2.45) is 0 Å². The molecular weight excluding hydrogens is 196 g/mol. The number of halogens is 1. The molecule has 0 bridgehead atoms. The molecule has 0 saturated carbocycles. The first kappa shape index (κ1) is 11.3. The number of benzene rings is 1. The largest absolute Gasteiger partial charge is 0.292 e. The molecule has 0 amide bonds. The molecule has 0 fully saturated rings. The molecule has 0 aliphatic rings. The zero-order valence-electron chi connectivity index (χ0n) is 8.80. The van der Waals surface area contributed by atoms with Gasteiger partial charge in [-0.2, -0.15) is 0 Å². The molecule has 1 rings (SSSR count). The summed E-state index contributed by atoms with van der Waals surface area (Å²) in [5.74, 6) is 0.0461. The Bertz CT molecular complexity index is 324. The zero-order valence-corrected chi connectivity index (χ0v) is 9.56. The van der Waals surface area contributed by atoms with Gasteiger partial charge in [-0.15, -0.1) is 11.6 Å². The maximum Gasteiger partial charge on any atom is 0.181 e. The van der Waals surface area contributed by atoms with Crippen LogP contribution in [0, 0.1) is 13.8 Å². The van der Waals surface area contributed by atoms with Gasteiger partial charge in [0.15, 0.2) is 5.78 Å². The molecule has 0 aliphatic heterocycles. The Morgan fingerprint density at radius 1 is 1.36 bits per heavy atom. The molecule has 14 heavy (non-hydrogen) atoms. The number of carbonyl (C=O) groups is 1. The van der Waals surface area contributed by atoms with Crippen molar-refractivity contribution in [2.75, 3.05) is 0 Å². The van der Waals surface area contributed by atoms with Crippen LogP contribution in [0.2, 0.25) is 0 Å². The molecule has 1 atom stereocenters. The van der Waals surface area contributed by atoms with Crippen LogP contribution >= 0.6 is 11.6 Å². The van der Waals surface area contributed by atoms with Gasteiger partial charge in [-0.1, -0.05) is 25.1 Å². The van der Waals surface area contributed by atoms with Crippen LogP contribution in [0.15, 0.2) is 18.2 Å². The van der Waals surface area contributed by atoms with Crippen molar-refractivity contribution in [1.82, 2.24) is 0 Å². The minimum Gasteiger partial charge on any atom is -0.292 e. The van der Waals surface area contributed by atoms with E-state index >= 15 is 0 Å². The predicted octanol–water partition coefficient (Wildman–Crippen LogP) is 3.50. The first-order valence-corrected chi connectivity index (χ1v) is 5.26. The SMILES string of the molecule is CCC(Cl)C(=O)c1c(C)cccc1C. The summed E-state index contributed by atoms with van der Waals surface area (Å²) in [4.78, 5) is 11.9. The van der Waals surface area contributed by atoms with Crippen LogP contribution in [0.5, 0.6) is 0 Å². The second-order valence-corrected chi connectivity index (χ2v) is 4.03. The topological polar surface area (TPSA) is 17.1 Å². The van der Waals surface area contributed by atoms with Crippen molar-refractivity contribution in [3.63, 3.8) is 0 Å². The minimum atomic E-state index is -0.394. The number of carbonyl (C=O) groups excluding carboxylic acids is 1. The molecule has 0 spiro atoms. The molecule has 0 radical (unpaired) electrons. The van der Waals surface area contributed by atoms with Gasteiger partial charge >= 0.3 is 0 Å². The Kier molecular flexibility index (Phi) is 3.70. The minimum absolute atomic E-state index is 0.0461. The lowest BCUT2D eigenvalue weighted by atomic mass is 9.97. The van der Waals surface area contributed by atoms with Gasteiger partial charge < -0.3 is 0 Å². The molecule has 1 aromatic carbocycles. The van der Waals surface area contributed by atoms with Crippen LogP contribution in [-0.4, -0.2) is 11.2 Å². The summed E-state index contributed by atoms with van der Waals surface area (Å²) in [7, 11) is 0. The van der Waals surface area contributed by atoms with Gasteiger partial charge in [0.1, 0.15) is 0 Å². The number of Topliss-reactive ketones (excluding diaryl/α,β-unsaturated/α-hetero) is 1. The van der Waals surface area contributed by atoms with Crippen LogP contribution in [-0.2, 0) is 0 Å². The zero-order chi connectivity index (χ0) is 10.7. The summed E-state index contributed by atoms with van der Waals surface area (Å²) in [6, 6.07) is 5.84. The van der Waals surface area contributed by atoms with Gasteiger partial charge in [0, 0.05) is 5.56 Å². The molecule has 2 heteroatoms. The first-order chi connectivity index (χ1) is 6.57. The molecule has 0 saturated heterocycles. The number of ketones is 1. The summed E-state index contributed by atoms with van der Waals surface area (Å²) < 4.78 is 0. The first-order valence-electron chi connectivity index (χ1n) is 4.82. The smallest absolute Gasteiger partial charge is 0.181 e. The van der Waals surface area contributed by atoms with E-state index < -0.39 is 5.38 Å². The molecule has 0 aliphatic carbocycles. The molecule has 0 heterocycles. The van der Waals surface area contributed by atoms with Crippen LogP contribution in [0.3, 0.4) is 0 Å². The second kappa shape index (κ2) is 4.61. The average molecular weight is 211 g/mol. The number of hydrogen-bond donors (Lipinski definition) is 0. The highest BCUT2D eigenvalue weighted by atomic mass is 35.5. The van der Waals surface area contributed by atoms with Crippen LogP contribution in [0.25, 0.3) is 0 Å².